The minimum absolute atomic E-state index is 0.0276. The van der Waals surface area contributed by atoms with Crippen molar-refractivity contribution in [3.8, 4) is 5.75 Å². The fourth-order valence-corrected chi connectivity index (χ4v) is 3.23. The molecule has 2 aromatic rings. The van der Waals surface area contributed by atoms with E-state index >= 15 is 0 Å². The van der Waals surface area contributed by atoms with Crippen LogP contribution >= 0.6 is 0 Å². The first-order valence-corrected chi connectivity index (χ1v) is 8.49. The van der Waals surface area contributed by atoms with Gasteiger partial charge in [0, 0.05) is 19.7 Å². The number of rotatable bonds is 6. The highest BCUT2D eigenvalue weighted by Crippen LogP contribution is 2.28. The van der Waals surface area contributed by atoms with E-state index in [2.05, 4.69) is 9.82 Å². The van der Waals surface area contributed by atoms with E-state index in [1.165, 1.54) is 17.1 Å². The highest BCUT2D eigenvalue weighted by atomic mass is 32.2. The van der Waals surface area contributed by atoms with Crippen LogP contribution in [-0.2, 0) is 21.9 Å². The molecule has 0 spiro atoms. The van der Waals surface area contributed by atoms with Crippen molar-refractivity contribution in [2.75, 3.05) is 7.11 Å². The van der Waals surface area contributed by atoms with Crippen molar-refractivity contribution in [3.05, 3.63) is 42.2 Å². The van der Waals surface area contributed by atoms with Gasteiger partial charge in [0.2, 0.25) is 5.91 Å². The van der Waals surface area contributed by atoms with Gasteiger partial charge in [0.25, 0.3) is 10.0 Å². The number of benzene rings is 1. The maximum absolute atomic E-state index is 12.1. The molecule has 23 heavy (non-hydrogen) atoms. The lowest BCUT2D eigenvalue weighted by molar-refractivity contribution is -0.119. The molecule has 1 aromatic carbocycles. The molecule has 0 aliphatic heterocycles. The molecule has 0 saturated carbocycles. The summed E-state index contributed by atoms with van der Waals surface area (Å²) in [6, 6.07) is 7.34. The van der Waals surface area contributed by atoms with Gasteiger partial charge in [-0.2, -0.15) is 5.10 Å². The van der Waals surface area contributed by atoms with Gasteiger partial charge in [-0.3, -0.25) is 9.48 Å². The minimum atomic E-state index is -3.90. The van der Waals surface area contributed by atoms with Crippen LogP contribution in [0.1, 0.15) is 24.8 Å². The SMILES string of the molecule is COc1ccccc1C(C)CC(=O)NS(=O)(=O)c1cnn(C)c1. The van der Waals surface area contributed by atoms with Gasteiger partial charge in [-0.1, -0.05) is 25.1 Å². The number of methoxy groups -OCH3 is 1. The van der Waals surface area contributed by atoms with Crippen LogP contribution in [0.5, 0.6) is 5.75 Å². The van der Waals surface area contributed by atoms with Gasteiger partial charge in [-0.25, -0.2) is 13.1 Å². The summed E-state index contributed by atoms with van der Waals surface area (Å²) in [6.07, 6.45) is 2.55. The van der Waals surface area contributed by atoms with E-state index in [0.717, 1.165) is 5.56 Å². The Hall–Kier alpha value is -2.35. The highest BCUT2D eigenvalue weighted by molar-refractivity contribution is 7.90. The number of carbonyl (C=O) groups excluding carboxylic acids is 1. The molecule has 0 fully saturated rings. The number of sulfonamides is 1. The van der Waals surface area contributed by atoms with Gasteiger partial charge in [-0.15, -0.1) is 0 Å². The lowest BCUT2D eigenvalue weighted by Crippen LogP contribution is -2.31. The van der Waals surface area contributed by atoms with Crippen LogP contribution in [0.2, 0.25) is 0 Å². The second-order valence-electron chi connectivity index (χ2n) is 5.23. The molecule has 124 valence electrons. The summed E-state index contributed by atoms with van der Waals surface area (Å²) < 4.78 is 32.9. The van der Waals surface area contributed by atoms with E-state index in [1.54, 1.807) is 20.2 Å². The molecule has 7 nitrogen and oxygen atoms in total. The van der Waals surface area contributed by atoms with Crippen LogP contribution in [0.3, 0.4) is 0 Å². The summed E-state index contributed by atoms with van der Waals surface area (Å²) in [5, 5.41) is 3.79. The van der Waals surface area contributed by atoms with E-state index in [0.29, 0.717) is 5.75 Å². The molecule has 0 aliphatic rings. The fourth-order valence-electron chi connectivity index (χ4n) is 2.25. The van der Waals surface area contributed by atoms with Crippen molar-refractivity contribution in [1.82, 2.24) is 14.5 Å². The molecule has 8 heteroatoms. The Morgan fingerprint density at radius 2 is 2.09 bits per heavy atom. The predicted molar refractivity (Wildman–Crippen MR) is 84.6 cm³/mol. The van der Waals surface area contributed by atoms with Crippen molar-refractivity contribution in [3.63, 3.8) is 0 Å². The summed E-state index contributed by atoms with van der Waals surface area (Å²) >= 11 is 0. The Kier molecular flexibility index (Phi) is 5.05. The Labute approximate surface area is 135 Å². The monoisotopic (exact) mass is 337 g/mol. The van der Waals surface area contributed by atoms with Crippen LogP contribution < -0.4 is 9.46 Å². The second-order valence-corrected chi connectivity index (χ2v) is 6.91. The molecule has 0 aliphatic carbocycles. The minimum Gasteiger partial charge on any atom is -0.496 e. The summed E-state index contributed by atoms with van der Waals surface area (Å²) in [7, 11) is -0.740. The van der Waals surface area contributed by atoms with Crippen molar-refractivity contribution < 1.29 is 17.9 Å². The summed E-state index contributed by atoms with van der Waals surface area (Å²) in [6.45, 7) is 1.84. The number of carbonyl (C=O) groups is 1. The molecule has 0 bridgehead atoms. The van der Waals surface area contributed by atoms with Crippen LogP contribution in [0.15, 0.2) is 41.6 Å². The van der Waals surface area contributed by atoms with E-state index in [9.17, 15) is 13.2 Å². The molecule has 1 N–H and O–H groups in total. The molecule has 2 rings (SSSR count). The number of hydrogen-bond donors (Lipinski definition) is 1. The first-order valence-electron chi connectivity index (χ1n) is 7.00. The van der Waals surface area contributed by atoms with E-state index < -0.39 is 15.9 Å². The number of amides is 1. The van der Waals surface area contributed by atoms with E-state index in [4.69, 9.17) is 4.74 Å². The number of nitrogens with one attached hydrogen (secondary N) is 1. The van der Waals surface area contributed by atoms with Gasteiger partial charge in [-0.05, 0) is 17.5 Å². The van der Waals surface area contributed by atoms with Crippen molar-refractivity contribution in [2.24, 2.45) is 7.05 Å². The molecular weight excluding hydrogens is 318 g/mol. The van der Waals surface area contributed by atoms with Gasteiger partial charge in [0.15, 0.2) is 0 Å². The zero-order valence-electron chi connectivity index (χ0n) is 13.2. The number of para-hydroxylation sites is 1. The molecule has 1 heterocycles. The summed E-state index contributed by atoms with van der Waals surface area (Å²) in [5.41, 5.74) is 0.851. The highest BCUT2D eigenvalue weighted by Gasteiger charge is 2.22. The molecular formula is C15H19N3O4S. The number of ether oxygens (including phenoxy) is 1. The zero-order valence-corrected chi connectivity index (χ0v) is 14.0. The number of aryl methyl sites for hydroxylation is 1. The normalized spacial score (nSPS) is 12.7. The van der Waals surface area contributed by atoms with Crippen LogP contribution in [0.4, 0.5) is 0 Å². The van der Waals surface area contributed by atoms with Crippen LogP contribution in [0, 0.1) is 0 Å². The summed E-state index contributed by atoms with van der Waals surface area (Å²) in [4.78, 5) is 12.0. The number of nitrogens with zero attached hydrogens (tertiary/aromatic N) is 2. The Bertz CT molecular complexity index is 799. The molecule has 1 atom stereocenters. The average Bonchev–Trinajstić information content (AvgIpc) is 2.94. The smallest absolute Gasteiger partial charge is 0.267 e. The Balaban J connectivity index is 2.07. The third-order valence-corrected chi connectivity index (χ3v) is 4.73. The van der Waals surface area contributed by atoms with Gasteiger partial charge < -0.3 is 4.74 Å². The third kappa shape index (κ3) is 4.10. The predicted octanol–water partition coefficient (Wildman–Crippen LogP) is 1.43. The maximum Gasteiger partial charge on any atom is 0.267 e. The Morgan fingerprint density at radius 1 is 1.39 bits per heavy atom. The molecule has 1 unspecified atom stereocenters. The summed E-state index contributed by atoms with van der Waals surface area (Å²) in [5.74, 6) is -0.0922. The standard InChI is InChI=1S/C15H19N3O4S/c1-11(13-6-4-5-7-14(13)22-3)8-15(19)17-23(20,21)12-9-16-18(2)10-12/h4-7,9-11H,8H2,1-3H3,(H,17,19). The average molecular weight is 337 g/mol. The molecule has 0 saturated heterocycles. The van der Waals surface area contributed by atoms with Crippen molar-refractivity contribution in [2.45, 2.75) is 24.2 Å². The van der Waals surface area contributed by atoms with Gasteiger partial charge in [0.05, 0.1) is 13.3 Å². The topological polar surface area (TPSA) is 90.3 Å². The van der Waals surface area contributed by atoms with E-state index in [1.807, 2.05) is 25.1 Å². The first kappa shape index (κ1) is 17.0. The largest absolute Gasteiger partial charge is 0.496 e. The quantitative estimate of drug-likeness (QED) is 0.861. The van der Waals surface area contributed by atoms with Crippen molar-refractivity contribution in [1.29, 1.82) is 0 Å². The number of hydrogen-bond acceptors (Lipinski definition) is 5. The second kappa shape index (κ2) is 6.82. The fraction of sp³-hybridized carbons (Fsp3) is 0.333. The molecule has 1 aromatic heterocycles. The van der Waals surface area contributed by atoms with E-state index in [-0.39, 0.29) is 17.2 Å². The van der Waals surface area contributed by atoms with Gasteiger partial charge in [0.1, 0.15) is 10.6 Å². The zero-order chi connectivity index (χ0) is 17.0. The third-order valence-electron chi connectivity index (χ3n) is 3.40. The molecule has 1 amide bonds. The maximum atomic E-state index is 12.1. The molecule has 0 radical (unpaired) electrons. The lowest BCUT2D eigenvalue weighted by atomic mass is 9.97. The van der Waals surface area contributed by atoms with Crippen LogP contribution in [-0.4, -0.2) is 31.2 Å². The van der Waals surface area contributed by atoms with Gasteiger partial charge >= 0.3 is 0 Å². The van der Waals surface area contributed by atoms with Crippen molar-refractivity contribution >= 4 is 15.9 Å². The Morgan fingerprint density at radius 3 is 2.70 bits per heavy atom. The number of aromatic nitrogens is 2. The van der Waals surface area contributed by atoms with Crippen LogP contribution in [0.25, 0.3) is 0 Å². The first-order chi connectivity index (χ1) is 10.8. The lowest BCUT2D eigenvalue weighted by Gasteiger charge is -2.15.